The number of aromatic nitrogens is 3. The quantitative estimate of drug-likeness (QED) is 0.395. The first-order valence-electron chi connectivity index (χ1n) is 9.99. The van der Waals surface area contributed by atoms with Crippen LogP contribution in [-0.4, -0.2) is 29.7 Å². The van der Waals surface area contributed by atoms with E-state index in [9.17, 15) is 13.2 Å². The summed E-state index contributed by atoms with van der Waals surface area (Å²) < 4.78 is 34.1. The summed E-state index contributed by atoms with van der Waals surface area (Å²) in [6.07, 6.45) is 5.39. The maximum absolute atomic E-state index is 12.9. The highest BCUT2D eigenvalue weighted by Gasteiger charge is 2.20. The molecule has 0 saturated carbocycles. The van der Waals surface area contributed by atoms with Crippen molar-refractivity contribution < 1.29 is 17.9 Å². The molecule has 2 heterocycles. The summed E-state index contributed by atoms with van der Waals surface area (Å²) in [6.45, 7) is 1.97. The van der Waals surface area contributed by atoms with Crippen molar-refractivity contribution >= 4 is 22.1 Å². The van der Waals surface area contributed by atoms with E-state index in [0.717, 1.165) is 17.4 Å². The average molecular weight is 461 g/mol. The van der Waals surface area contributed by atoms with Crippen LogP contribution in [0.1, 0.15) is 21.5 Å². The first-order valence-corrected chi connectivity index (χ1v) is 11.5. The fourth-order valence-corrected chi connectivity index (χ4v) is 4.05. The van der Waals surface area contributed by atoms with E-state index in [0.29, 0.717) is 16.8 Å². The number of hydrogen-bond donors (Lipinski definition) is 1. The Balaban J connectivity index is 1.72. The normalized spacial score (nSPS) is 11.1. The molecule has 0 fully saturated rings. The highest BCUT2D eigenvalue weighted by molar-refractivity contribution is 7.92. The van der Waals surface area contributed by atoms with Crippen LogP contribution in [-0.2, 0) is 16.6 Å². The Bertz CT molecular complexity index is 1380. The van der Waals surface area contributed by atoms with Gasteiger partial charge in [0, 0.05) is 29.1 Å². The molecule has 0 spiro atoms. The number of ether oxygens (including phenoxy) is 1. The third kappa shape index (κ3) is 5.21. The van der Waals surface area contributed by atoms with E-state index in [4.69, 9.17) is 4.74 Å². The number of nitrogens with one attached hydrogen (secondary N) is 1. The predicted molar refractivity (Wildman–Crippen MR) is 123 cm³/mol. The molecule has 0 radical (unpaired) electrons. The molecule has 0 bridgehead atoms. The lowest BCUT2D eigenvalue weighted by atomic mass is 10.1. The van der Waals surface area contributed by atoms with Crippen molar-refractivity contribution in [2.75, 3.05) is 4.72 Å². The molecule has 1 N–H and O–H groups in total. The molecule has 4 rings (SSSR count). The second-order valence-electron chi connectivity index (χ2n) is 7.18. The molecule has 0 amide bonds. The molecule has 8 nitrogen and oxygen atoms in total. The van der Waals surface area contributed by atoms with Gasteiger partial charge in [0.05, 0.1) is 16.8 Å². The fourth-order valence-electron chi connectivity index (χ4n) is 3.04. The molecule has 33 heavy (non-hydrogen) atoms. The third-order valence-corrected chi connectivity index (χ3v) is 6.12. The monoisotopic (exact) mass is 460 g/mol. The number of aldehydes is 1. The van der Waals surface area contributed by atoms with Crippen LogP contribution in [0.2, 0.25) is 0 Å². The lowest BCUT2D eigenvalue weighted by molar-refractivity contribution is 0.112. The first-order chi connectivity index (χ1) is 16.0. The van der Waals surface area contributed by atoms with Crippen LogP contribution in [0.4, 0.5) is 5.82 Å². The van der Waals surface area contributed by atoms with Gasteiger partial charge in [0.1, 0.15) is 6.61 Å². The van der Waals surface area contributed by atoms with Gasteiger partial charge in [0.15, 0.2) is 6.29 Å². The van der Waals surface area contributed by atoms with E-state index in [1.165, 1.54) is 18.3 Å². The molecule has 2 aromatic carbocycles. The van der Waals surface area contributed by atoms with Crippen molar-refractivity contribution in [1.82, 2.24) is 15.0 Å². The summed E-state index contributed by atoms with van der Waals surface area (Å²) in [5.41, 5.74) is 3.06. The molecule has 166 valence electrons. The molecule has 0 atom stereocenters. The van der Waals surface area contributed by atoms with Gasteiger partial charge in [-0.1, -0.05) is 48.0 Å². The molecule has 2 aromatic heterocycles. The summed E-state index contributed by atoms with van der Waals surface area (Å²) in [4.78, 5) is 24.3. The zero-order valence-corrected chi connectivity index (χ0v) is 18.5. The zero-order chi connectivity index (χ0) is 23.3. The largest absolute Gasteiger partial charge is 0.470 e. The van der Waals surface area contributed by atoms with Crippen molar-refractivity contribution in [2.24, 2.45) is 0 Å². The van der Waals surface area contributed by atoms with Crippen LogP contribution in [0.15, 0.2) is 84.1 Å². The number of anilines is 1. The smallest absolute Gasteiger partial charge is 0.263 e. The van der Waals surface area contributed by atoms with Crippen molar-refractivity contribution in [3.05, 3.63) is 95.9 Å². The van der Waals surface area contributed by atoms with Gasteiger partial charge in [-0.25, -0.2) is 18.4 Å². The number of rotatable bonds is 8. The third-order valence-electron chi connectivity index (χ3n) is 4.76. The molecule has 0 aliphatic heterocycles. The molecular weight excluding hydrogens is 440 g/mol. The van der Waals surface area contributed by atoms with Crippen molar-refractivity contribution in [1.29, 1.82) is 0 Å². The van der Waals surface area contributed by atoms with Crippen LogP contribution in [0, 0.1) is 6.92 Å². The zero-order valence-electron chi connectivity index (χ0n) is 17.7. The van der Waals surface area contributed by atoms with Crippen molar-refractivity contribution in [3.8, 4) is 17.1 Å². The maximum atomic E-state index is 12.9. The summed E-state index contributed by atoms with van der Waals surface area (Å²) in [5, 5.41) is 0. The van der Waals surface area contributed by atoms with Crippen LogP contribution >= 0.6 is 0 Å². The van der Waals surface area contributed by atoms with Gasteiger partial charge in [-0.05, 0) is 25.1 Å². The van der Waals surface area contributed by atoms with Gasteiger partial charge in [-0.2, -0.15) is 0 Å². The number of aryl methyl sites for hydroxylation is 1. The number of hydrogen-bond acceptors (Lipinski definition) is 7. The van der Waals surface area contributed by atoms with Crippen molar-refractivity contribution in [2.45, 2.75) is 18.4 Å². The highest BCUT2D eigenvalue weighted by atomic mass is 32.2. The number of pyridine rings is 1. The van der Waals surface area contributed by atoms with Crippen LogP contribution in [0.25, 0.3) is 11.3 Å². The van der Waals surface area contributed by atoms with Crippen LogP contribution in [0.5, 0.6) is 5.88 Å². The number of carbonyl (C=O) groups is 1. The second kappa shape index (κ2) is 9.58. The topological polar surface area (TPSA) is 111 Å². The number of sulfonamides is 1. The second-order valence-corrected chi connectivity index (χ2v) is 8.87. The minimum Gasteiger partial charge on any atom is -0.470 e. The standard InChI is InChI=1S/C24H20N4O4S/c1-17-8-10-20(11-9-17)33(30,31)28-23-24(32-16-18-5-4-12-25-13-18)27-22(14-26-23)21-7-3-2-6-19(21)15-29/h2-15H,16H2,1H3,(H,26,28). The minimum absolute atomic E-state index is 0.0206. The van der Waals surface area contributed by atoms with E-state index >= 15 is 0 Å². The Kier molecular flexibility index (Phi) is 6.41. The molecule has 0 unspecified atom stereocenters. The van der Waals surface area contributed by atoms with Gasteiger partial charge >= 0.3 is 0 Å². The maximum Gasteiger partial charge on any atom is 0.263 e. The van der Waals surface area contributed by atoms with Crippen LogP contribution < -0.4 is 9.46 Å². The van der Waals surface area contributed by atoms with E-state index < -0.39 is 10.0 Å². The van der Waals surface area contributed by atoms with Gasteiger partial charge in [0.2, 0.25) is 5.82 Å². The predicted octanol–water partition coefficient (Wildman–Crippen LogP) is 4.04. The Morgan fingerprint density at radius 2 is 1.79 bits per heavy atom. The summed E-state index contributed by atoms with van der Waals surface area (Å²) in [7, 11) is -3.93. The average Bonchev–Trinajstić information content (AvgIpc) is 2.84. The molecule has 0 saturated heterocycles. The number of benzene rings is 2. The fraction of sp³-hybridized carbons (Fsp3) is 0.0833. The van der Waals surface area contributed by atoms with Crippen LogP contribution in [0.3, 0.4) is 0 Å². The summed E-state index contributed by atoms with van der Waals surface area (Å²) in [6, 6.07) is 16.9. The Labute approximate surface area is 191 Å². The van der Waals surface area contributed by atoms with Gasteiger partial charge in [-0.3, -0.25) is 14.5 Å². The molecule has 0 aliphatic carbocycles. The summed E-state index contributed by atoms with van der Waals surface area (Å²) in [5.74, 6) is -0.0838. The van der Waals surface area contributed by atoms with Gasteiger partial charge in [-0.15, -0.1) is 0 Å². The Hall–Kier alpha value is -4.11. The van der Waals surface area contributed by atoms with E-state index in [-0.39, 0.29) is 23.2 Å². The van der Waals surface area contributed by atoms with E-state index in [2.05, 4.69) is 19.7 Å². The lowest BCUT2D eigenvalue weighted by Gasteiger charge is -2.14. The molecule has 4 aromatic rings. The molecular formula is C24H20N4O4S. The lowest BCUT2D eigenvalue weighted by Crippen LogP contribution is -2.16. The first kappa shape index (κ1) is 22.1. The number of carbonyl (C=O) groups excluding carboxylic acids is 1. The Morgan fingerprint density at radius 1 is 1.00 bits per heavy atom. The summed E-state index contributed by atoms with van der Waals surface area (Å²) >= 11 is 0. The van der Waals surface area contributed by atoms with Gasteiger partial charge < -0.3 is 4.74 Å². The molecule has 9 heteroatoms. The van der Waals surface area contributed by atoms with Gasteiger partial charge in [0.25, 0.3) is 15.9 Å². The number of nitrogens with zero attached hydrogens (tertiary/aromatic N) is 3. The van der Waals surface area contributed by atoms with E-state index in [1.54, 1.807) is 54.9 Å². The van der Waals surface area contributed by atoms with E-state index in [1.807, 2.05) is 13.0 Å². The molecule has 0 aliphatic rings. The van der Waals surface area contributed by atoms with Crippen molar-refractivity contribution in [3.63, 3.8) is 0 Å². The minimum atomic E-state index is -3.93. The Morgan fingerprint density at radius 3 is 2.52 bits per heavy atom. The SMILES string of the molecule is Cc1ccc(S(=O)(=O)Nc2ncc(-c3ccccc3C=O)nc2OCc2cccnc2)cc1. The highest BCUT2D eigenvalue weighted by Crippen LogP contribution is 2.28.